The van der Waals surface area contributed by atoms with Crippen LogP contribution in [0.15, 0.2) is 47.5 Å². The van der Waals surface area contributed by atoms with Gasteiger partial charge in [0, 0.05) is 27.1 Å². The molecule has 6 heteroatoms. The average Bonchev–Trinajstić information content (AvgIpc) is 2.61. The molecule has 0 aliphatic heterocycles. The van der Waals surface area contributed by atoms with E-state index in [-0.39, 0.29) is 5.91 Å². The zero-order chi connectivity index (χ0) is 18.9. The summed E-state index contributed by atoms with van der Waals surface area (Å²) in [4.78, 5) is 15.6. The third-order valence-corrected chi connectivity index (χ3v) is 3.80. The number of nitrogens with one attached hydrogen (secondary N) is 3. The van der Waals surface area contributed by atoms with Crippen molar-refractivity contribution in [2.24, 2.45) is 4.99 Å². The predicted molar refractivity (Wildman–Crippen MR) is 106 cm³/mol. The summed E-state index contributed by atoms with van der Waals surface area (Å²) < 4.78 is 5.27. The van der Waals surface area contributed by atoms with Crippen molar-refractivity contribution >= 4 is 17.6 Å². The summed E-state index contributed by atoms with van der Waals surface area (Å²) in [5.41, 5.74) is 4.09. The topological polar surface area (TPSA) is 74.8 Å². The Kier molecular flexibility index (Phi) is 7.02. The second-order valence-electron chi connectivity index (χ2n) is 5.98. The Bertz CT molecular complexity index is 787. The molecular formula is C20H26N4O2. The number of benzene rings is 2. The number of aryl methyl sites for hydroxylation is 1. The van der Waals surface area contributed by atoms with E-state index in [0.29, 0.717) is 30.5 Å². The van der Waals surface area contributed by atoms with Crippen LogP contribution in [0, 0.1) is 6.92 Å². The van der Waals surface area contributed by atoms with Gasteiger partial charge >= 0.3 is 0 Å². The van der Waals surface area contributed by atoms with Gasteiger partial charge in [-0.15, -0.1) is 0 Å². The smallest absolute Gasteiger partial charge is 0.221 e. The minimum atomic E-state index is -0.135. The molecular weight excluding hydrogens is 328 g/mol. The molecule has 3 N–H and O–H groups in total. The van der Waals surface area contributed by atoms with Crippen LogP contribution < -0.4 is 20.7 Å². The quantitative estimate of drug-likeness (QED) is 0.551. The molecule has 0 bridgehead atoms. The first-order valence-corrected chi connectivity index (χ1v) is 8.46. The summed E-state index contributed by atoms with van der Waals surface area (Å²) in [6, 6.07) is 14.0. The fraction of sp³-hybridized carbons (Fsp3) is 0.300. The van der Waals surface area contributed by atoms with Gasteiger partial charge in [-0.25, -0.2) is 0 Å². The highest BCUT2D eigenvalue weighted by molar-refractivity contribution is 5.90. The van der Waals surface area contributed by atoms with Crippen LogP contribution >= 0.6 is 0 Å². The summed E-state index contributed by atoms with van der Waals surface area (Å²) in [7, 11) is 3.32. The lowest BCUT2D eigenvalue weighted by atomic mass is 10.1. The van der Waals surface area contributed by atoms with Gasteiger partial charge in [-0.2, -0.15) is 0 Å². The van der Waals surface area contributed by atoms with Crippen LogP contribution in [-0.4, -0.2) is 26.0 Å². The summed E-state index contributed by atoms with van der Waals surface area (Å²) >= 11 is 0. The molecule has 6 nitrogen and oxygen atoms in total. The van der Waals surface area contributed by atoms with Crippen LogP contribution in [0.2, 0.25) is 0 Å². The van der Waals surface area contributed by atoms with E-state index in [2.05, 4.69) is 46.1 Å². The minimum absolute atomic E-state index is 0.135. The van der Waals surface area contributed by atoms with E-state index in [1.165, 1.54) is 18.1 Å². The van der Waals surface area contributed by atoms with Gasteiger partial charge in [0.15, 0.2) is 5.96 Å². The number of aliphatic imine (C=N–C) groups is 1. The largest absolute Gasteiger partial charge is 0.495 e. The standard InChI is InChI=1S/C20H26N4O2/c1-14-6-5-7-16(10-14)12-22-20(21-3)23-13-17-8-9-19(26-4)18(11-17)24-15(2)25/h5-11H,12-13H2,1-4H3,(H,24,25)(H2,21,22,23). The van der Waals surface area contributed by atoms with E-state index in [0.717, 1.165) is 5.56 Å². The van der Waals surface area contributed by atoms with Gasteiger partial charge in [0.05, 0.1) is 12.8 Å². The Balaban J connectivity index is 1.96. The van der Waals surface area contributed by atoms with Crippen LogP contribution in [0.4, 0.5) is 5.69 Å². The molecule has 0 unspecified atom stereocenters. The number of anilines is 1. The molecule has 0 fully saturated rings. The Morgan fingerprint density at radius 3 is 2.35 bits per heavy atom. The number of hydrogen-bond acceptors (Lipinski definition) is 3. The van der Waals surface area contributed by atoms with Crippen molar-refractivity contribution in [3.63, 3.8) is 0 Å². The van der Waals surface area contributed by atoms with Crippen molar-refractivity contribution in [1.82, 2.24) is 10.6 Å². The first-order chi connectivity index (χ1) is 12.5. The first kappa shape index (κ1) is 19.3. The number of methoxy groups -OCH3 is 1. The van der Waals surface area contributed by atoms with Crippen LogP contribution in [0.1, 0.15) is 23.6 Å². The third kappa shape index (κ3) is 5.81. The van der Waals surface area contributed by atoms with E-state index in [9.17, 15) is 4.79 Å². The molecule has 2 aromatic carbocycles. The molecule has 0 radical (unpaired) electrons. The van der Waals surface area contributed by atoms with Crippen molar-refractivity contribution in [3.05, 3.63) is 59.2 Å². The lowest BCUT2D eigenvalue weighted by molar-refractivity contribution is -0.114. The highest BCUT2D eigenvalue weighted by Crippen LogP contribution is 2.25. The Hall–Kier alpha value is -3.02. The maximum atomic E-state index is 11.3. The second kappa shape index (κ2) is 9.46. The van der Waals surface area contributed by atoms with Gasteiger partial charge < -0.3 is 20.7 Å². The number of carbonyl (C=O) groups is 1. The molecule has 2 aromatic rings. The Morgan fingerprint density at radius 1 is 1.08 bits per heavy atom. The van der Waals surface area contributed by atoms with Crippen molar-refractivity contribution in [1.29, 1.82) is 0 Å². The first-order valence-electron chi connectivity index (χ1n) is 8.46. The molecule has 2 rings (SSSR count). The summed E-state index contributed by atoms with van der Waals surface area (Å²) in [5.74, 6) is 1.21. The van der Waals surface area contributed by atoms with E-state index in [4.69, 9.17) is 4.74 Å². The number of hydrogen-bond donors (Lipinski definition) is 3. The average molecular weight is 354 g/mol. The molecule has 0 aromatic heterocycles. The van der Waals surface area contributed by atoms with Gasteiger partial charge in [-0.3, -0.25) is 9.79 Å². The Morgan fingerprint density at radius 2 is 1.77 bits per heavy atom. The molecule has 0 aliphatic rings. The highest BCUT2D eigenvalue weighted by atomic mass is 16.5. The zero-order valence-electron chi connectivity index (χ0n) is 15.7. The lowest BCUT2D eigenvalue weighted by Crippen LogP contribution is -2.36. The Labute approximate surface area is 154 Å². The van der Waals surface area contributed by atoms with Crippen molar-refractivity contribution in [2.75, 3.05) is 19.5 Å². The summed E-state index contributed by atoms with van der Waals surface area (Å²) in [5, 5.41) is 9.35. The molecule has 0 heterocycles. The van der Waals surface area contributed by atoms with Crippen molar-refractivity contribution < 1.29 is 9.53 Å². The molecule has 1 amide bonds. The molecule has 0 saturated carbocycles. The maximum Gasteiger partial charge on any atom is 0.221 e. The lowest BCUT2D eigenvalue weighted by Gasteiger charge is -2.14. The molecule has 0 atom stereocenters. The monoisotopic (exact) mass is 354 g/mol. The molecule has 0 aliphatic carbocycles. The fourth-order valence-electron chi connectivity index (χ4n) is 2.57. The predicted octanol–water partition coefficient (Wildman–Crippen LogP) is 2.83. The zero-order valence-corrected chi connectivity index (χ0v) is 15.7. The van der Waals surface area contributed by atoms with E-state index in [1.54, 1.807) is 14.2 Å². The normalized spacial score (nSPS) is 11.0. The van der Waals surface area contributed by atoms with Gasteiger partial charge in [0.25, 0.3) is 0 Å². The highest BCUT2D eigenvalue weighted by Gasteiger charge is 2.07. The maximum absolute atomic E-state index is 11.3. The van der Waals surface area contributed by atoms with Crippen molar-refractivity contribution in [2.45, 2.75) is 26.9 Å². The minimum Gasteiger partial charge on any atom is -0.495 e. The fourth-order valence-corrected chi connectivity index (χ4v) is 2.57. The van der Waals surface area contributed by atoms with Crippen LogP contribution in [-0.2, 0) is 17.9 Å². The SMILES string of the molecule is CN=C(NCc1cccc(C)c1)NCc1ccc(OC)c(NC(C)=O)c1. The number of rotatable bonds is 6. The van der Waals surface area contributed by atoms with E-state index in [1.807, 2.05) is 24.3 Å². The van der Waals surface area contributed by atoms with Crippen LogP contribution in [0.3, 0.4) is 0 Å². The third-order valence-electron chi connectivity index (χ3n) is 3.80. The number of ether oxygens (including phenoxy) is 1. The van der Waals surface area contributed by atoms with Crippen LogP contribution in [0.25, 0.3) is 0 Å². The summed E-state index contributed by atoms with van der Waals surface area (Å²) in [6.07, 6.45) is 0. The molecule has 0 saturated heterocycles. The van der Waals surface area contributed by atoms with Crippen LogP contribution in [0.5, 0.6) is 5.75 Å². The van der Waals surface area contributed by atoms with E-state index >= 15 is 0 Å². The molecule has 26 heavy (non-hydrogen) atoms. The van der Waals surface area contributed by atoms with Crippen molar-refractivity contribution in [3.8, 4) is 5.75 Å². The second-order valence-corrected chi connectivity index (χ2v) is 5.98. The van der Waals surface area contributed by atoms with E-state index < -0.39 is 0 Å². The number of guanidine groups is 1. The number of nitrogens with zero attached hydrogens (tertiary/aromatic N) is 1. The van der Waals surface area contributed by atoms with Gasteiger partial charge in [-0.1, -0.05) is 35.9 Å². The summed E-state index contributed by atoms with van der Waals surface area (Å²) in [6.45, 7) is 4.82. The molecule has 138 valence electrons. The number of amides is 1. The molecule has 0 spiro atoms. The van der Waals surface area contributed by atoms with Gasteiger partial charge in [0.2, 0.25) is 5.91 Å². The van der Waals surface area contributed by atoms with Gasteiger partial charge in [0.1, 0.15) is 5.75 Å². The van der Waals surface area contributed by atoms with Gasteiger partial charge in [-0.05, 0) is 30.2 Å². The number of carbonyl (C=O) groups excluding carboxylic acids is 1.